The first-order valence-electron chi connectivity index (χ1n) is 4.58. The lowest BCUT2D eigenvalue weighted by Crippen LogP contribution is -2.06. The van der Waals surface area contributed by atoms with Gasteiger partial charge in [-0.15, -0.1) is 0 Å². The van der Waals surface area contributed by atoms with E-state index >= 15 is 0 Å². The van der Waals surface area contributed by atoms with E-state index in [9.17, 15) is 0 Å². The maximum absolute atomic E-state index is 7.88. The second-order valence-corrected chi connectivity index (χ2v) is 2.53. The van der Waals surface area contributed by atoms with Gasteiger partial charge in [-0.3, -0.25) is 0 Å². The minimum Gasteiger partial charge on any atom is -0.396 e. The van der Waals surface area contributed by atoms with Gasteiger partial charge in [0.1, 0.15) is 0 Å². The molecule has 0 aliphatic rings. The van der Waals surface area contributed by atoms with Crippen LogP contribution in [0.3, 0.4) is 0 Å². The molecule has 2 N–H and O–H groups in total. The van der Waals surface area contributed by atoms with E-state index in [0.29, 0.717) is 6.61 Å². The molecule has 70 valence electrons. The molecule has 0 fully saturated rings. The van der Waals surface area contributed by atoms with Crippen LogP contribution >= 0.6 is 0 Å². The van der Waals surface area contributed by atoms with Crippen molar-refractivity contribution in [3.05, 3.63) is 0 Å². The van der Waals surface area contributed by atoms with Crippen molar-refractivity contribution in [2.75, 3.05) is 20.2 Å². The second-order valence-electron chi connectivity index (χ2n) is 2.53. The molecule has 0 aromatic carbocycles. The van der Waals surface area contributed by atoms with Crippen LogP contribution in [-0.2, 0) is 0 Å². The summed E-state index contributed by atoms with van der Waals surface area (Å²) in [6, 6.07) is 0. The van der Waals surface area contributed by atoms with Gasteiger partial charge in [0.25, 0.3) is 0 Å². The zero-order valence-corrected chi connectivity index (χ0v) is 8.19. The molecule has 2 heteroatoms. The second kappa shape index (κ2) is 16.5. The summed E-state index contributed by atoms with van der Waals surface area (Å²) < 4.78 is 0. The van der Waals surface area contributed by atoms with Gasteiger partial charge in [0, 0.05) is 6.61 Å². The summed E-state index contributed by atoms with van der Waals surface area (Å²) in [5.74, 6) is 0. The van der Waals surface area contributed by atoms with Gasteiger partial charge in [-0.05, 0) is 26.4 Å². The van der Waals surface area contributed by atoms with Crippen molar-refractivity contribution >= 4 is 0 Å². The number of unbranched alkanes of at least 4 members (excludes halogenated alkanes) is 2. The van der Waals surface area contributed by atoms with Crippen LogP contribution in [0.15, 0.2) is 0 Å². The quantitative estimate of drug-likeness (QED) is 0.602. The van der Waals surface area contributed by atoms with E-state index in [4.69, 9.17) is 5.11 Å². The summed E-state index contributed by atoms with van der Waals surface area (Å²) in [7, 11) is 2.00. The van der Waals surface area contributed by atoms with Crippen LogP contribution in [0, 0.1) is 0 Å². The van der Waals surface area contributed by atoms with E-state index in [1.54, 1.807) is 0 Å². The molecule has 0 atom stereocenters. The highest BCUT2D eigenvalue weighted by Crippen LogP contribution is 1.89. The zero-order valence-electron chi connectivity index (χ0n) is 8.19. The average molecular weight is 161 g/mol. The number of aliphatic hydroxyl groups excluding tert-OH is 1. The Kier molecular flexibility index (Phi) is 20.2. The van der Waals surface area contributed by atoms with Crippen molar-refractivity contribution in [1.29, 1.82) is 0 Å². The molecule has 0 radical (unpaired) electrons. The fourth-order valence-corrected chi connectivity index (χ4v) is 0.552. The summed E-state index contributed by atoms with van der Waals surface area (Å²) in [5, 5.41) is 11.0. The molecule has 0 unspecified atom stereocenters. The molecular formula is C9H23NO. The van der Waals surface area contributed by atoms with Gasteiger partial charge in [-0.1, -0.05) is 26.7 Å². The molecule has 2 nitrogen and oxygen atoms in total. The fourth-order valence-electron chi connectivity index (χ4n) is 0.552. The summed E-state index contributed by atoms with van der Waals surface area (Å²) >= 11 is 0. The van der Waals surface area contributed by atoms with E-state index < -0.39 is 0 Å². The van der Waals surface area contributed by atoms with Crippen LogP contribution in [-0.4, -0.2) is 25.3 Å². The lowest BCUT2D eigenvalue weighted by atomic mass is 10.2. The lowest BCUT2D eigenvalue weighted by Gasteiger charge is -1.93. The maximum atomic E-state index is 7.88. The van der Waals surface area contributed by atoms with Gasteiger partial charge in [0.2, 0.25) is 0 Å². The van der Waals surface area contributed by atoms with E-state index in [1.807, 2.05) is 14.0 Å². The van der Waals surface area contributed by atoms with Gasteiger partial charge in [0.05, 0.1) is 0 Å². The summed E-state index contributed by atoms with van der Waals surface area (Å²) in [5.41, 5.74) is 0. The van der Waals surface area contributed by atoms with Crippen LogP contribution in [0.25, 0.3) is 0 Å². The van der Waals surface area contributed by atoms with Crippen molar-refractivity contribution in [1.82, 2.24) is 5.32 Å². The zero-order chi connectivity index (χ0) is 8.95. The molecule has 0 saturated heterocycles. The average Bonchev–Trinajstić information content (AvgIpc) is 2.06. The predicted molar refractivity (Wildman–Crippen MR) is 50.8 cm³/mol. The van der Waals surface area contributed by atoms with Crippen molar-refractivity contribution in [2.45, 2.75) is 39.5 Å². The molecule has 0 spiro atoms. The standard InChI is InChI=1S/C6H15N.C3H8O/c1-3-4-5-6-7-2;1-2-3-4/h7H,3-6H2,1-2H3;4H,2-3H2,1H3. The molecule has 0 aromatic rings. The van der Waals surface area contributed by atoms with E-state index in [1.165, 1.54) is 25.8 Å². The van der Waals surface area contributed by atoms with Gasteiger partial charge < -0.3 is 10.4 Å². The van der Waals surface area contributed by atoms with E-state index in [2.05, 4.69) is 12.2 Å². The Hall–Kier alpha value is -0.0800. The fraction of sp³-hybridized carbons (Fsp3) is 1.00. The minimum atomic E-state index is 0.319. The molecule has 0 aliphatic carbocycles. The van der Waals surface area contributed by atoms with Gasteiger partial charge in [0.15, 0.2) is 0 Å². The molecule has 0 saturated carbocycles. The van der Waals surface area contributed by atoms with E-state index in [-0.39, 0.29) is 0 Å². The molecular weight excluding hydrogens is 138 g/mol. The topological polar surface area (TPSA) is 32.3 Å². The molecule has 0 rings (SSSR count). The molecule has 0 aromatic heterocycles. The van der Waals surface area contributed by atoms with Crippen molar-refractivity contribution < 1.29 is 5.11 Å². The Morgan fingerprint density at radius 1 is 1.09 bits per heavy atom. The first-order chi connectivity index (χ1) is 5.33. The normalized spacial score (nSPS) is 8.73. The third-order valence-corrected chi connectivity index (χ3v) is 1.25. The third kappa shape index (κ3) is 25.7. The van der Waals surface area contributed by atoms with Crippen LogP contribution in [0.4, 0.5) is 0 Å². The summed E-state index contributed by atoms with van der Waals surface area (Å²) in [6.45, 7) is 5.64. The third-order valence-electron chi connectivity index (χ3n) is 1.25. The number of rotatable bonds is 5. The molecule has 11 heavy (non-hydrogen) atoms. The van der Waals surface area contributed by atoms with Gasteiger partial charge in [-0.2, -0.15) is 0 Å². The SMILES string of the molecule is CCCCCNC.CCCO. The van der Waals surface area contributed by atoms with Crippen LogP contribution in [0.2, 0.25) is 0 Å². The Bertz CT molecular complexity index is 42.8. The lowest BCUT2D eigenvalue weighted by molar-refractivity contribution is 0.295. The number of aliphatic hydroxyl groups is 1. The van der Waals surface area contributed by atoms with Crippen molar-refractivity contribution in [2.24, 2.45) is 0 Å². The number of nitrogens with one attached hydrogen (secondary N) is 1. The van der Waals surface area contributed by atoms with Crippen LogP contribution in [0.1, 0.15) is 39.5 Å². The smallest absolute Gasteiger partial charge is 0.0428 e. The Labute approximate surface area is 71.0 Å². The van der Waals surface area contributed by atoms with Crippen LogP contribution in [0.5, 0.6) is 0 Å². The Balaban J connectivity index is 0. The first kappa shape index (κ1) is 13.5. The Morgan fingerprint density at radius 3 is 1.91 bits per heavy atom. The summed E-state index contributed by atoms with van der Waals surface area (Å²) in [6.07, 6.45) is 4.88. The highest BCUT2D eigenvalue weighted by atomic mass is 16.2. The highest BCUT2D eigenvalue weighted by molar-refractivity contribution is 4.39. The van der Waals surface area contributed by atoms with E-state index in [0.717, 1.165) is 6.42 Å². The number of hydrogen-bond donors (Lipinski definition) is 2. The maximum Gasteiger partial charge on any atom is 0.0428 e. The van der Waals surface area contributed by atoms with Gasteiger partial charge in [-0.25, -0.2) is 0 Å². The Morgan fingerprint density at radius 2 is 1.64 bits per heavy atom. The van der Waals surface area contributed by atoms with Crippen molar-refractivity contribution in [3.8, 4) is 0 Å². The minimum absolute atomic E-state index is 0.319. The molecule has 0 aliphatic heterocycles. The van der Waals surface area contributed by atoms with Gasteiger partial charge >= 0.3 is 0 Å². The monoisotopic (exact) mass is 161 g/mol. The summed E-state index contributed by atoms with van der Waals surface area (Å²) in [4.78, 5) is 0. The highest BCUT2D eigenvalue weighted by Gasteiger charge is 1.78. The van der Waals surface area contributed by atoms with Crippen LogP contribution < -0.4 is 5.32 Å². The predicted octanol–water partition coefficient (Wildman–Crippen LogP) is 1.78. The molecule has 0 amide bonds. The first-order valence-corrected chi connectivity index (χ1v) is 4.58. The molecule has 0 bridgehead atoms. The largest absolute Gasteiger partial charge is 0.396 e. The van der Waals surface area contributed by atoms with Crippen molar-refractivity contribution in [3.63, 3.8) is 0 Å². The number of hydrogen-bond acceptors (Lipinski definition) is 2. The molecule has 0 heterocycles.